The molecule has 1 aromatic carbocycles. The average molecular weight is 532 g/mol. The van der Waals surface area contributed by atoms with E-state index in [2.05, 4.69) is 16.0 Å². The number of carbonyl (C=O) groups excluding carboxylic acids is 4. The van der Waals surface area contributed by atoms with Crippen LogP contribution in [0.15, 0.2) is 30.3 Å². The first-order chi connectivity index (χ1) is 17.8. The van der Waals surface area contributed by atoms with Crippen LogP contribution in [-0.4, -0.2) is 76.4 Å². The van der Waals surface area contributed by atoms with Gasteiger partial charge in [-0.1, -0.05) is 58.0 Å². The van der Waals surface area contributed by atoms with Crippen LogP contribution >= 0.6 is 0 Å². The molecule has 210 valence electrons. The lowest BCUT2D eigenvalue weighted by molar-refractivity contribution is -0.144. The molecule has 1 aliphatic rings. The molecule has 1 aromatic rings. The zero-order valence-corrected chi connectivity index (χ0v) is 22.8. The fourth-order valence-electron chi connectivity index (χ4n) is 4.27. The summed E-state index contributed by atoms with van der Waals surface area (Å²) in [4.78, 5) is 64.9. The predicted octanol–water partition coefficient (Wildman–Crippen LogP) is 0.418. The van der Waals surface area contributed by atoms with Gasteiger partial charge in [0.1, 0.15) is 24.2 Å². The van der Waals surface area contributed by atoms with Crippen LogP contribution in [0.3, 0.4) is 0 Å². The maximum Gasteiger partial charge on any atom is 0.326 e. The van der Waals surface area contributed by atoms with E-state index in [9.17, 15) is 29.1 Å². The number of rotatable bonds is 12. The Balaban J connectivity index is 2.03. The molecule has 38 heavy (non-hydrogen) atoms. The Bertz CT molecular complexity index is 999. The maximum absolute atomic E-state index is 13.4. The van der Waals surface area contributed by atoms with Gasteiger partial charge in [0.05, 0.1) is 6.04 Å². The first kappa shape index (κ1) is 30.8. The molecule has 0 aromatic heterocycles. The van der Waals surface area contributed by atoms with Gasteiger partial charge in [-0.2, -0.15) is 0 Å². The first-order valence-electron chi connectivity index (χ1n) is 13.1. The number of nitrogens with two attached hydrogens (primary N) is 1. The van der Waals surface area contributed by atoms with Gasteiger partial charge in [-0.25, -0.2) is 4.79 Å². The number of hydrogen-bond donors (Lipinski definition) is 5. The lowest BCUT2D eigenvalue weighted by Gasteiger charge is -2.31. The van der Waals surface area contributed by atoms with E-state index in [4.69, 9.17) is 5.73 Å². The van der Waals surface area contributed by atoms with Gasteiger partial charge >= 0.3 is 5.97 Å². The lowest BCUT2D eigenvalue weighted by Crippen LogP contribution is -2.59. The summed E-state index contributed by atoms with van der Waals surface area (Å²) < 4.78 is 0. The summed E-state index contributed by atoms with van der Waals surface area (Å²) in [6.07, 6.45) is 1.09. The van der Waals surface area contributed by atoms with Crippen molar-refractivity contribution in [1.29, 1.82) is 0 Å². The summed E-state index contributed by atoms with van der Waals surface area (Å²) in [6.45, 7) is 9.03. The largest absolute Gasteiger partial charge is 0.480 e. The molecule has 4 amide bonds. The Labute approximate surface area is 223 Å². The van der Waals surface area contributed by atoms with Gasteiger partial charge < -0.3 is 31.7 Å². The van der Waals surface area contributed by atoms with Crippen molar-refractivity contribution < 1.29 is 29.1 Å². The Morgan fingerprint density at radius 1 is 0.947 bits per heavy atom. The normalized spacial score (nSPS) is 18.4. The number of carboxylic acid groups (broad SMARTS) is 1. The van der Waals surface area contributed by atoms with E-state index in [0.717, 1.165) is 5.56 Å². The number of amides is 4. The number of benzene rings is 1. The monoisotopic (exact) mass is 531 g/mol. The summed E-state index contributed by atoms with van der Waals surface area (Å²) in [5.74, 6) is -3.50. The highest BCUT2D eigenvalue weighted by Gasteiger charge is 2.40. The van der Waals surface area contributed by atoms with Crippen molar-refractivity contribution in [2.45, 2.75) is 84.1 Å². The second kappa shape index (κ2) is 13.9. The SMILES string of the molecule is CC(C)[C@H](N)C(=O)N[C@H](C(=O)N1CCC[C@H]1C(=O)N[C@@H](C)C(=O)N[C@@H](Cc1ccccc1)C(=O)O)C(C)C. The molecule has 2 rings (SSSR count). The van der Waals surface area contributed by atoms with Gasteiger partial charge in [-0.3, -0.25) is 19.2 Å². The molecule has 1 aliphatic heterocycles. The van der Waals surface area contributed by atoms with Crippen molar-refractivity contribution in [2.24, 2.45) is 17.6 Å². The lowest BCUT2D eigenvalue weighted by atomic mass is 9.99. The Kier molecular flexibility index (Phi) is 11.2. The summed E-state index contributed by atoms with van der Waals surface area (Å²) in [6, 6.07) is 4.28. The van der Waals surface area contributed by atoms with Gasteiger partial charge in [0.15, 0.2) is 0 Å². The first-order valence-corrected chi connectivity index (χ1v) is 13.1. The van der Waals surface area contributed by atoms with Crippen LogP contribution < -0.4 is 21.7 Å². The minimum Gasteiger partial charge on any atom is -0.480 e. The molecule has 0 aliphatic carbocycles. The zero-order chi connectivity index (χ0) is 28.6. The molecule has 1 fully saturated rings. The molecule has 6 N–H and O–H groups in total. The molecule has 1 heterocycles. The van der Waals surface area contributed by atoms with E-state index in [1.165, 1.54) is 11.8 Å². The summed E-state index contributed by atoms with van der Waals surface area (Å²) in [5.41, 5.74) is 6.69. The predicted molar refractivity (Wildman–Crippen MR) is 142 cm³/mol. The highest BCUT2D eigenvalue weighted by atomic mass is 16.4. The van der Waals surface area contributed by atoms with Crippen LogP contribution in [-0.2, 0) is 30.4 Å². The molecule has 0 radical (unpaired) electrons. The van der Waals surface area contributed by atoms with Crippen molar-refractivity contribution in [2.75, 3.05) is 6.54 Å². The molecule has 0 bridgehead atoms. The third-order valence-corrected chi connectivity index (χ3v) is 6.74. The number of nitrogens with one attached hydrogen (secondary N) is 3. The van der Waals surface area contributed by atoms with Crippen molar-refractivity contribution in [1.82, 2.24) is 20.9 Å². The van der Waals surface area contributed by atoms with E-state index in [1.807, 2.05) is 19.9 Å². The van der Waals surface area contributed by atoms with Crippen molar-refractivity contribution >= 4 is 29.6 Å². The van der Waals surface area contributed by atoms with E-state index >= 15 is 0 Å². The third-order valence-electron chi connectivity index (χ3n) is 6.74. The van der Waals surface area contributed by atoms with E-state index in [0.29, 0.717) is 19.4 Å². The Morgan fingerprint density at radius 3 is 2.13 bits per heavy atom. The molecule has 0 unspecified atom stereocenters. The van der Waals surface area contributed by atoms with E-state index in [-0.39, 0.29) is 24.2 Å². The number of carboxylic acids is 1. The molecular weight excluding hydrogens is 490 g/mol. The number of carbonyl (C=O) groups is 5. The van der Waals surface area contributed by atoms with Crippen LogP contribution in [0.5, 0.6) is 0 Å². The molecule has 1 saturated heterocycles. The zero-order valence-electron chi connectivity index (χ0n) is 22.8. The highest BCUT2D eigenvalue weighted by molar-refractivity contribution is 5.95. The number of nitrogens with zero attached hydrogens (tertiary/aromatic N) is 1. The minimum absolute atomic E-state index is 0.0935. The average Bonchev–Trinajstić information content (AvgIpc) is 3.36. The Morgan fingerprint density at radius 2 is 1.58 bits per heavy atom. The molecular formula is C27H41N5O6. The standard InChI is InChI=1S/C27H41N5O6/c1-15(2)21(28)25(35)31-22(16(3)4)26(36)32-13-9-12-20(32)24(34)29-17(5)23(33)30-19(27(37)38)14-18-10-7-6-8-11-18/h6-8,10-11,15-17,19-22H,9,12-14,28H2,1-5H3,(H,29,34)(H,30,33)(H,31,35)(H,37,38)/t17-,19-,20-,21-,22-/m0/s1. The van der Waals surface area contributed by atoms with Crippen LogP contribution in [0.2, 0.25) is 0 Å². The third kappa shape index (κ3) is 8.27. The second-order valence-corrected chi connectivity index (χ2v) is 10.5. The van der Waals surface area contributed by atoms with Gasteiger partial charge in [0.2, 0.25) is 23.6 Å². The number of aliphatic carboxylic acids is 1. The maximum atomic E-state index is 13.4. The minimum atomic E-state index is -1.19. The molecule has 0 spiro atoms. The van der Waals surface area contributed by atoms with Gasteiger partial charge in [-0.05, 0) is 37.2 Å². The van der Waals surface area contributed by atoms with Gasteiger partial charge in [0, 0.05) is 13.0 Å². The quantitative estimate of drug-likeness (QED) is 0.260. The van der Waals surface area contributed by atoms with Gasteiger partial charge in [-0.15, -0.1) is 0 Å². The van der Waals surface area contributed by atoms with Crippen LogP contribution in [0.4, 0.5) is 0 Å². The number of hydrogen-bond acceptors (Lipinski definition) is 6. The van der Waals surface area contributed by atoms with Crippen molar-refractivity contribution in [3.05, 3.63) is 35.9 Å². The van der Waals surface area contributed by atoms with E-state index in [1.54, 1.807) is 38.1 Å². The smallest absolute Gasteiger partial charge is 0.326 e. The van der Waals surface area contributed by atoms with Crippen molar-refractivity contribution in [3.63, 3.8) is 0 Å². The topological polar surface area (TPSA) is 171 Å². The van der Waals surface area contributed by atoms with Crippen LogP contribution in [0, 0.1) is 11.8 Å². The summed E-state index contributed by atoms with van der Waals surface area (Å²) in [7, 11) is 0. The number of likely N-dealkylation sites (tertiary alicyclic amines) is 1. The van der Waals surface area contributed by atoms with Crippen LogP contribution in [0.1, 0.15) is 53.0 Å². The summed E-state index contributed by atoms with van der Waals surface area (Å²) in [5, 5.41) is 17.4. The fourth-order valence-corrected chi connectivity index (χ4v) is 4.27. The highest BCUT2D eigenvalue weighted by Crippen LogP contribution is 2.21. The Hall–Kier alpha value is -3.47. The van der Waals surface area contributed by atoms with Crippen molar-refractivity contribution in [3.8, 4) is 0 Å². The van der Waals surface area contributed by atoms with E-state index < -0.39 is 53.9 Å². The molecule has 11 nitrogen and oxygen atoms in total. The summed E-state index contributed by atoms with van der Waals surface area (Å²) >= 11 is 0. The molecule has 5 atom stereocenters. The van der Waals surface area contributed by atoms with Gasteiger partial charge in [0.25, 0.3) is 0 Å². The molecule has 11 heteroatoms. The van der Waals surface area contributed by atoms with Crippen LogP contribution in [0.25, 0.3) is 0 Å². The fraction of sp³-hybridized carbons (Fsp3) is 0.593. The second-order valence-electron chi connectivity index (χ2n) is 10.5. The molecule has 0 saturated carbocycles.